The Morgan fingerprint density at radius 1 is 1.12 bits per heavy atom. The Bertz CT molecular complexity index is 817. The molecule has 0 bridgehead atoms. The quantitative estimate of drug-likeness (QED) is 0.742. The summed E-state index contributed by atoms with van der Waals surface area (Å²) in [6, 6.07) is 13.3. The van der Waals surface area contributed by atoms with Crippen molar-refractivity contribution >= 4 is 21.6 Å². The van der Waals surface area contributed by atoms with Crippen LogP contribution in [-0.2, 0) is 9.84 Å². The number of methoxy groups -OCH3 is 1. The lowest BCUT2D eigenvalue weighted by Gasteiger charge is -2.09. The highest BCUT2D eigenvalue weighted by molar-refractivity contribution is 7.91. The third-order valence-corrected chi connectivity index (χ3v) is 5.40. The van der Waals surface area contributed by atoms with Crippen molar-refractivity contribution in [1.29, 1.82) is 0 Å². The van der Waals surface area contributed by atoms with Crippen molar-refractivity contribution in [2.45, 2.75) is 18.2 Å². The van der Waals surface area contributed by atoms with Gasteiger partial charge in [0.25, 0.3) is 0 Å². The minimum Gasteiger partial charge on any atom is -0.497 e. The Morgan fingerprint density at radius 3 is 2.52 bits per heavy atom. The van der Waals surface area contributed by atoms with Gasteiger partial charge in [0.1, 0.15) is 5.75 Å². The van der Waals surface area contributed by atoms with E-state index in [1.54, 1.807) is 55.6 Å². The van der Waals surface area contributed by atoms with E-state index in [1.165, 1.54) is 0 Å². The first kappa shape index (κ1) is 18.8. The number of hydrogen-bond acceptors (Lipinski definition) is 4. The number of sulfone groups is 1. The molecule has 2 aromatic rings. The molecule has 2 aromatic carbocycles. The van der Waals surface area contributed by atoms with Gasteiger partial charge in [-0.25, -0.2) is 13.2 Å². The van der Waals surface area contributed by atoms with Crippen molar-refractivity contribution in [2.24, 2.45) is 0 Å². The molecule has 0 aliphatic heterocycles. The van der Waals surface area contributed by atoms with Crippen LogP contribution in [0.5, 0.6) is 5.75 Å². The van der Waals surface area contributed by atoms with Crippen molar-refractivity contribution in [1.82, 2.24) is 5.32 Å². The number of carbonyl (C=O) groups is 1. The van der Waals surface area contributed by atoms with Crippen LogP contribution in [0.15, 0.2) is 53.4 Å². The molecule has 0 radical (unpaired) electrons. The molecule has 2 rings (SSSR count). The van der Waals surface area contributed by atoms with Crippen LogP contribution in [0.1, 0.15) is 12.0 Å². The van der Waals surface area contributed by atoms with Gasteiger partial charge >= 0.3 is 6.03 Å². The fourth-order valence-electron chi connectivity index (χ4n) is 2.20. The molecule has 2 N–H and O–H groups in total. The van der Waals surface area contributed by atoms with Gasteiger partial charge in [-0.05, 0) is 37.6 Å². The molecule has 0 saturated carbocycles. The first-order valence-corrected chi connectivity index (χ1v) is 9.54. The van der Waals surface area contributed by atoms with Crippen molar-refractivity contribution in [3.05, 3.63) is 54.1 Å². The Morgan fingerprint density at radius 2 is 1.84 bits per heavy atom. The van der Waals surface area contributed by atoms with E-state index in [9.17, 15) is 13.2 Å². The van der Waals surface area contributed by atoms with Gasteiger partial charge in [0.2, 0.25) is 0 Å². The van der Waals surface area contributed by atoms with Gasteiger partial charge in [-0.3, -0.25) is 0 Å². The third kappa shape index (κ3) is 5.79. The summed E-state index contributed by atoms with van der Waals surface area (Å²) in [5.74, 6) is 0.622. The van der Waals surface area contributed by atoms with Crippen LogP contribution in [-0.4, -0.2) is 33.9 Å². The van der Waals surface area contributed by atoms with Gasteiger partial charge < -0.3 is 15.4 Å². The monoisotopic (exact) mass is 362 g/mol. The molecule has 6 nitrogen and oxygen atoms in total. The average molecular weight is 362 g/mol. The molecule has 7 heteroatoms. The maximum absolute atomic E-state index is 12.2. The van der Waals surface area contributed by atoms with Crippen LogP contribution >= 0.6 is 0 Å². The highest BCUT2D eigenvalue weighted by atomic mass is 32.2. The van der Waals surface area contributed by atoms with E-state index in [1.807, 2.05) is 6.92 Å². The predicted octanol–water partition coefficient (Wildman–Crippen LogP) is 2.99. The van der Waals surface area contributed by atoms with E-state index in [2.05, 4.69) is 10.6 Å². The second kappa shape index (κ2) is 8.53. The molecule has 0 saturated heterocycles. The first-order valence-electron chi connectivity index (χ1n) is 7.89. The van der Waals surface area contributed by atoms with Gasteiger partial charge in [0.05, 0.1) is 17.8 Å². The van der Waals surface area contributed by atoms with E-state index >= 15 is 0 Å². The maximum atomic E-state index is 12.2. The van der Waals surface area contributed by atoms with Crippen molar-refractivity contribution < 1.29 is 17.9 Å². The van der Waals surface area contributed by atoms with Gasteiger partial charge in [-0.2, -0.15) is 0 Å². The molecule has 0 heterocycles. The summed E-state index contributed by atoms with van der Waals surface area (Å²) in [5.41, 5.74) is 1.61. The largest absolute Gasteiger partial charge is 0.497 e. The molecule has 0 atom stereocenters. The number of amides is 2. The predicted molar refractivity (Wildman–Crippen MR) is 97.9 cm³/mol. The normalized spacial score (nSPS) is 11.0. The summed E-state index contributed by atoms with van der Waals surface area (Å²) in [4.78, 5) is 12.1. The maximum Gasteiger partial charge on any atom is 0.319 e. The second-order valence-electron chi connectivity index (χ2n) is 5.60. The zero-order chi connectivity index (χ0) is 18.3. The van der Waals surface area contributed by atoms with Crippen LogP contribution in [0, 0.1) is 6.92 Å². The van der Waals surface area contributed by atoms with Crippen LogP contribution in [0.4, 0.5) is 10.5 Å². The van der Waals surface area contributed by atoms with Crippen LogP contribution < -0.4 is 15.4 Å². The fraction of sp³-hybridized carbons (Fsp3) is 0.278. The molecule has 0 fully saturated rings. The lowest BCUT2D eigenvalue weighted by Crippen LogP contribution is -2.30. The average Bonchev–Trinajstić information content (AvgIpc) is 2.59. The van der Waals surface area contributed by atoms with E-state index in [0.29, 0.717) is 22.8 Å². The third-order valence-electron chi connectivity index (χ3n) is 3.58. The van der Waals surface area contributed by atoms with E-state index in [0.717, 1.165) is 5.56 Å². The summed E-state index contributed by atoms with van der Waals surface area (Å²) >= 11 is 0. The number of urea groups is 1. The highest BCUT2D eigenvalue weighted by Gasteiger charge is 2.13. The zero-order valence-electron chi connectivity index (χ0n) is 14.3. The Labute approximate surface area is 148 Å². The Hall–Kier alpha value is -2.54. The molecule has 0 spiro atoms. The molecular formula is C18H22N2O4S. The minimum atomic E-state index is -3.33. The fourth-order valence-corrected chi connectivity index (χ4v) is 3.51. The standard InChI is InChI=1S/C18H22N2O4S/c1-14-7-9-17(10-8-14)25(22,23)12-4-11-19-18(21)20-15-5-3-6-16(13-15)24-2/h3,5-10,13H,4,11-12H2,1-2H3,(H2,19,20,21). The SMILES string of the molecule is COc1cccc(NC(=O)NCCCS(=O)(=O)c2ccc(C)cc2)c1. The van der Waals surface area contributed by atoms with E-state index in [-0.39, 0.29) is 18.3 Å². The topological polar surface area (TPSA) is 84.5 Å². The van der Waals surface area contributed by atoms with Crippen molar-refractivity contribution in [3.8, 4) is 5.75 Å². The summed E-state index contributed by atoms with van der Waals surface area (Å²) in [6.45, 7) is 2.17. The van der Waals surface area contributed by atoms with Crippen LogP contribution in [0.2, 0.25) is 0 Å². The summed E-state index contributed by atoms with van der Waals surface area (Å²) < 4.78 is 29.5. The molecule has 0 aliphatic rings. The Balaban J connectivity index is 1.78. The second-order valence-corrected chi connectivity index (χ2v) is 7.71. The molecule has 0 unspecified atom stereocenters. The number of benzene rings is 2. The van der Waals surface area contributed by atoms with Gasteiger partial charge in [0.15, 0.2) is 9.84 Å². The van der Waals surface area contributed by atoms with Crippen molar-refractivity contribution in [2.75, 3.05) is 24.7 Å². The molecule has 0 aliphatic carbocycles. The number of carbonyl (C=O) groups excluding carboxylic acids is 1. The summed E-state index contributed by atoms with van der Waals surface area (Å²) in [6.07, 6.45) is 0.335. The zero-order valence-corrected chi connectivity index (χ0v) is 15.1. The van der Waals surface area contributed by atoms with Crippen LogP contribution in [0.25, 0.3) is 0 Å². The molecule has 2 amide bonds. The van der Waals surface area contributed by atoms with Crippen LogP contribution in [0.3, 0.4) is 0 Å². The lowest BCUT2D eigenvalue weighted by atomic mass is 10.2. The highest BCUT2D eigenvalue weighted by Crippen LogP contribution is 2.16. The van der Waals surface area contributed by atoms with Gasteiger partial charge in [0, 0.05) is 18.3 Å². The number of rotatable bonds is 7. The minimum absolute atomic E-state index is 0.0184. The number of hydrogen-bond donors (Lipinski definition) is 2. The van der Waals surface area contributed by atoms with Gasteiger partial charge in [-0.1, -0.05) is 23.8 Å². The van der Waals surface area contributed by atoms with Gasteiger partial charge in [-0.15, -0.1) is 0 Å². The van der Waals surface area contributed by atoms with E-state index < -0.39 is 9.84 Å². The summed E-state index contributed by atoms with van der Waals surface area (Å²) in [5, 5.41) is 5.32. The number of anilines is 1. The first-order chi connectivity index (χ1) is 11.9. The molecule has 0 aromatic heterocycles. The molecular weight excluding hydrogens is 340 g/mol. The summed E-state index contributed by atoms with van der Waals surface area (Å²) in [7, 11) is -1.78. The molecule has 25 heavy (non-hydrogen) atoms. The smallest absolute Gasteiger partial charge is 0.319 e. The van der Waals surface area contributed by atoms with Crippen molar-refractivity contribution in [3.63, 3.8) is 0 Å². The number of nitrogens with one attached hydrogen (secondary N) is 2. The Kier molecular flexibility index (Phi) is 6.41. The lowest BCUT2D eigenvalue weighted by molar-refractivity contribution is 0.252. The van der Waals surface area contributed by atoms with E-state index in [4.69, 9.17) is 4.74 Å². The number of aryl methyl sites for hydroxylation is 1. The molecule has 134 valence electrons. The number of ether oxygens (including phenoxy) is 1.